The number of fused-ring (bicyclic) bond motifs is 1. The highest BCUT2D eigenvalue weighted by Gasteiger charge is 2.27. The Hall–Kier alpha value is -2.63. The van der Waals surface area contributed by atoms with Crippen molar-refractivity contribution in [1.29, 1.82) is 0 Å². The Kier molecular flexibility index (Phi) is 4.61. The number of methoxy groups -OCH3 is 1. The second kappa shape index (κ2) is 6.70. The summed E-state index contributed by atoms with van der Waals surface area (Å²) in [4.78, 5) is 26.8. The molecule has 0 N–H and O–H groups in total. The highest BCUT2D eigenvalue weighted by atomic mass is 16.5. The van der Waals surface area contributed by atoms with Crippen molar-refractivity contribution in [2.24, 2.45) is 7.05 Å². The zero-order chi connectivity index (χ0) is 18.1. The number of aromatic nitrogens is 2. The van der Waals surface area contributed by atoms with Crippen molar-refractivity contribution in [2.75, 3.05) is 18.6 Å². The van der Waals surface area contributed by atoms with Crippen LogP contribution < -0.4 is 4.90 Å². The first-order valence-electron chi connectivity index (χ1n) is 8.43. The summed E-state index contributed by atoms with van der Waals surface area (Å²) >= 11 is 0. The Labute approximate surface area is 147 Å². The number of aryl methyl sites for hydroxylation is 2. The van der Waals surface area contributed by atoms with Crippen molar-refractivity contribution in [1.82, 2.24) is 9.78 Å². The fraction of sp³-hybridized carbons (Fsp3) is 0.421. The van der Waals surface area contributed by atoms with Crippen LogP contribution in [0.2, 0.25) is 0 Å². The number of benzene rings is 1. The van der Waals surface area contributed by atoms with E-state index in [0.29, 0.717) is 18.5 Å². The molecule has 0 atom stereocenters. The first-order valence-corrected chi connectivity index (χ1v) is 8.43. The van der Waals surface area contributed by atoms with Crippen molar-refractivity contribution in [3.05, 3.63) is 46.3 Å². The van der Waals surface area contributed by atoms with Crippen LogP contribution >= 0.6 is 0 Å². The minimum atomic E-state index is -0.356. The monoisotopic (exact) mass is 341 g/mol. The number of amides is 1. The van der Waals surface area contributed by atoms with Crippen LogP contribution in [0.5, 0.6) is 0 Å². The summed E-state index contributed by atoms with van der Waals surface area (Å²) in [5, 5.41) is 4.39. The SMILES string of the molecule is COC(=O)c1cccc2c1CCCN2C(=O)Cc1c(C)nn(C)c1C. The van der Waals surface area contributed by atoms with Crippen LogP contribution in [-0.2, 0) is 29.4 Å². The van der Waals surface area contributed by atoms with E-state index in [1.807, 2.05) is 27.0 Å². The van der Waals surface area contributed by atoms with E-state index in [9.17, 15) is 9.59 Å². The molecule has 1 aliphatic heterocycles. The number of ether oxygens (including phenoxy) is 1. The van der Waals surface area contributed by atoms with Crippen molar-refractivity contribution in [3.63, 3.8) is 0 Å². The molecule has 1 aromatic heterocycles. The first kappa shape index (κ1) is 17.2. The van der Waals surface area contributed by atoms with Crippen LogP contribution in [0.3, 0.4) is 0 Å². The molecule has 25 heavy (non-hydrogen) atoms. The lowest BCUT2D eigenvalue weighted by Crippen LogP contribution is -2.37. The van der Waals surface area contributed by atoms with Gasteiger partial charge < -0.3 is 9.64 Å². The van der Waals surface area contributed by atoms with Gasteiger partial charge in [0, 0.05) is 30.5 Å². The maximum absolute atomic E-state index is 13.0. The molecule has 1 aliphatic rings. The minimum absolute atomic E-state index is 0.0298. The van der Waals surface area contributed by atoms with E-state index >= 15 is 0 Å². The number of carbonyl (C=O) groups is 2. The third-order valence-corrected chi connectivity index (χ3v) is 4.94. The lowest BCUT2D eigenvalue weighted by atomic mass is 9.95. The van der Waals surface area contributed by atoms with Crippen LogP contribution in [-0.4, -0.2) is 35.3 Å². The van der Waals surface area contributed by atoms with Gasteiger partial charge in [-0.1, -0.05) is 6.07 Å². The van der Waals surface area contributed by atoms with Crippen molar-refractivity contribution in [3.8, 4) is 0 Å². The third kappa shape index (κ3) is 3.04. The van der Waals surface area contributed by atoms with Crippen molar-refractivity contribution in [2.45, 2.75) is 33.1 Å². The van der Waals surface area contributed by atoms with Crippen LogP contribution in [0.1, 0.15) is 39.3 Å². The summed E-state index contributed by atoms with van der Waals surface area (Å²) in [6, 6.07) is 5.47. The summed E-state index contributed by atoms with van der Waals surface area (Å²) in [5.41, 5.74) is 5.13. The fourth-order valence-electron chi connectivity index (χ4n) is 3.50. The van der Waals surface area contributed by atoms with Gasteiger partial charge in [-0.2, -0.15) is 5.10 Å². The average Bonchev–Trinajstić information content (AvgIpc) is 2.86. The molecule has 0 spiro atoms. The second-order valence-corrected chi connectivity index (χ2v) is 6.39. The zero-order valence-corrected chi connectivity index (χ0v) is 15.1. The molecule has 2 aromatic rings. The fourth-order valence-corrected chi connectivity index (χ4v) is 3.50. The molecule has 0 fully saturated rings. The summed E-state index contributed by atoms with van der Waals surface area (Å²) in [5.74, 6) is -0.327. The Balaban J connectivity index is 1.93. The molecular weight excluding hydrogens is 318 g/mol. The zero-order valence-electron chi connectivity index (χ0n) is 15.1. The van der Waals surface area contributed by atoms with Gasteiger partial charge in [-0.25, -0.2) is 4.79 Å². The smallest absolute Gasteiger partial charge is 0.338 e. The number of anilines is 1. The first-order chi connectivity index (χ1) is 11.9. The van der Waals surface area contributed by atoms with Crippen LogP contribution in [0.4, 0.5) is 5.69 Å². The van der Waals surface area contributed by atoms with Gasteiger partial charge >= 0.3 is 5.97 Å². The number of esters is 1. The molecule has 0 unspecified atom stereocenters. The number of hydrogen-bond donors (Lipinski definition) is 0. The summed E-state index contributed by atoms with van der Waals surface area (Å²) in [6.45, 7) is 4.56. The van der Waals surface area contributed by atoms with Gasteiger partial charge in [0.05, 0.1) is 24.8 Å². The molecule has 6 heteroatoms. The van der Waals surface area contributed by atoms with Gasteiger partial charge in [0.1, 0.15) is 0 Å². The minimum Gasteiger partial charge on any atom is -0.465 e. The van der Waals surface area contributed by atoms with Gasteiger partial charge in [0.25, 0.3) is 0 Å². The number of rotatable bonds is 3. The number of hydrogen-bond acceptors (Lipinski definition) is 4. The van der Waals surface area contributed by atoms with Crippen LogP contribution in [0.25, 0.3) is 0 Å². The molecule has 2 heterocycles. The Bertz CT molecular complexity index is 839. The molecule has 3 rings (SSSR count). The van der Waals surface area contributed by atoms with Crippen LogP contribution in [0, 0.1) is 13.8 Å². The lowest BCUT2D eigenvalue weighted by Gasteiger charge is -2.30. The Morgan fingerprint density at radius 3 is 2.68 bits per heavy atom. The normalized spacial score (nSPS) is 13.5. The number of carbonyl (C=O) groups excluding carboxylic acids is 2. The largest absolute Gasteiger partial charge is 0.465 e. The molecule has 0 aliphatic carbocycles. The molecule has 132 valence electrons. The predicted octanol–water partition coefficient (Wildman–Crippen LogP) is 2.35. The van der Waals surface area contributed by atoms with Gasteiger partial charge in [0.15, 0.2) is 0 Å². The van der Waals surface area contributed by atoms with Crippen molar-refractivity contribution < 1.29 is 14.3 Å². The summed E-state index contributed by atoms with van der Waals surface area (Å²) < 4.78 is 6.68. The van der Waals surface area contributed by atoms with E-state index in [4.69, 9.17) is 4.74 Å². The molecule has 1 amide bonds. The topological polar surface area (TPSA) is 64.4 Å². The van der Waals surface area contributed by atoms with E-state index in [-0.39, 0.29) is 11.9 Å². The highest BCUT2D eigenvalue weighted by molar-refractivity contribution is 5.99. The lowest BCUT2D eigenvalue weighted by molar-refractivity contribution is -0.118. The highest BCUT2D eigenvalue weighted by Crippen LogP contribution is 2.31. The second-order valence-electron chi connectivity index (χ2n) is 6.39. The van der Waals surface area contributed by atoms with Gasteiger partial charge in [-0.05, 0) is 44.4 Å². The van der Waals surface area contributed by atoms with Crippen molar-refractivity contribution >= 4 is 17.6 Å². The molecule has 0 bridgehead atoms. The third-order valence-electron chi connectivity index (χ3n) is 4.94. The maximum atomic E-state index is 13.0. The maximum Gasteiger partial charge on any atom is 0.338 e. The van der Waals surface area contributed by atoms with Gasteiger partial charge in [-0.3, -0.25) is 9.48 Å². The summed E-state index contributed by atoms with van der Waals surface area (Å²) in [7, 11) is 3.26. The van der Waals surface area contributed by atoms with E-state index in [0.717, 1.165) is 41.0 Å². The number of nitrogens with zero attached hydrogens (tertiary/aromatic N) is 3. The van der Waals surface area contributed by atoms with E-state index < -0.39 is 0 Å². The van der Waals surface area contributed by atoms with Crippen LogP contribution in [0.15, 0.2) is 18.2 Å². The predicted molar refractivity (Wildman–Crippen MR) is 94.8 cm³/mol. The van der Waals surface area contributed by atoms with E-state index in [1.165, 1.54) is 7.11 Å². The quantitative estimate of drug-likeness (QED) is 0.804. The van der Waals surface area contributed by atoms with E-state index in [1.54, 1.807) is 21.7 Å². The Morgan fingerprint density at radius 1 is 1.28 bits per heavy atom. The summed E-state index contributed by atoms with van der Waals surface area (Å²) in [6.07, 6.45) is 1.92. The molecular formula is C19H23N3O3. The van der Waals surface area contributed by atoms with Gasteiger partial charge in [-0.15, -0.1) is 0 Å². The van der Waals surface area contributed by atoms with Gasteiger partial charge in [0.2, 0.25) is 5.91 Å². The Morgan fingerprint density at radius 2 is 2.04 bits per heavy atom. The molecule has 6 nitrogen and oxygen atoms in total. The molecule has 0 saturated carbocycles. The standard InChI is InChI=1S/C19H23N3O3/c1-12-16(13(2)21(3)20-12)11-18(23)22-10-6-8-14-15(19(24)25-4)7-5-9-17(14)22/h5,7,9H,6,8,10-11H2,1-4H3. The molecule has 0 saturated heterocycles. The van der Waals surface area contributed by atoms with E-state index in [2.05, 4.69) is 5.10 Å². The molecule has 1 aromatic carbocycles. The average molecular weight is 341 g/mol. The molecule has 0 radical (unpaired) electrons.